The van der Waals surface area contributed by atoms with Crippen LogP contribution >= 0.6 is 0 Å². The second-order valence-electron chi connectivity index (χ2n) is 2.36. The van der Waals surface area contributed by atoms with Gasteiger partial charge in [0, 0.05) is 0 Å². The van der Waals surface area contributed by atoms with Crippen LogP contribution in [0.3, 0.4) is 0 Å². The molecule has 0 N–H and O–H groups in total. The van der Waals surface area contributed by atoms with Crippen LogP contribution in [-0.4, -0.2) is 32.7 Å². The van der Waals surface area contributed by atoms with Crippen LogP contribution < -0.4 is 0 Å². The van der Waals surface area contributed by atoms with E-state index in [2.05, 4.69) is 4.42 Å². The normalized spacial score (nSPS) is 15.7. The molecular weight excluding hydrogens is 172 g/mol. The number of rotatable bonds is 1. The number of ether oxygens (including phenoxy) is 2. The second kappa shape index (κ2) is 6.39. The van der Waals surface area contributed by atoms with E-state index in [0.29, 0.717) is 12.0 Å². The predicted molar refractivity (Wildman–Crippen MR) is 45.7 cm³/mol. The maximum absolute atomic E-state index is 9.77. The lowest BCUT2D eigenvalue weighted by molar-refractivity contribution is -0.0334. The van der Waals surface area contributed by atoms with Crippen LogP contribution in [0.2, 0.25) is 0 Å². The molecule has 0 aromatic carbocycles. The van der Waals surface area contributed by atoms with E-state index < -0.39 is 0 Å². The number of hydrogen-bond donors (Lipinski definition) is 0. The van der Waals surface area contributed by atoms with Gasteiger partial charge < -0.3 is 13.9 Å². The summed E-state index contributed by atoms with van der Waals surface area (Å²) in [5, 5.41) is 0. The van der Waals surface area contributed by atoms with Crippen molar-refractivity contribution in [1.29, 1.82) is 0 Å². The van der Waals surface area contributed by atoms with Gasteiger partial charge in [-0.2, -0.15) is 0 Å². The van der Waals surface area contributed by atoms with Gasteiger partial charge in [0.15, 0.2) is 12.0 Å². The molecule has 4 heteroatoms. The van der Waals surface area contributed by atoms with Gasteiger partial charge in [-0.1, -0.05) is 0 Å². The Morgan fingerprint density at radius 3 is 2.00 bits per heavy atom. The van der Waals surface area contributed by atoms with Crippen LogP contribution in [0.1, 0.15) is 10.6 Å². The zero-order valence-electron chi connectivity index (χ0n) is 7.27. The number of carbonyl (C=O) groups excluding carboxylic acids is 1. The van der Waals surface area contributed by atoms with Crippen molar-refractivity contribution >= 4 is 6.29 Å². The quantitative estimate of drug-likeness (QED) is 0.614. The first-order valence-electron chi connectivity index (χ1n) is 4.07. The molecule has 0 bridgehead atoms. The number of hydrogen-bond acceptors (Lipinski definition) is 4. The van der Waals surface area contributed by atoms with E-state index in [0.717, 1.165) is 26.4 Å². The highest BCUT2D eigenvalue weighted by molar-refractivity contribution is 5.69. The topological polar surface area (TPSA) is 48.7 Å². The molecule has 1 aromatic heterocycles. The molecule has 0 saturated carbocycles. The lowest BCUT2D eigenvalue weighted by atomic mass is 10.5. The molecule has 1 fully saturated rings. The SMILES string of the molecule is C1COCCO1.O=Cc1ccco1. The van der Waals surface area contributed by atoms with Crippen molar-refractivity contribution in [3.63, 3.8) is 0 Å². The molecule has 1 aliphatic heterocycles. The van der Waals surface area contributed by atoms with Crippen LogP contribution in [0.15, 0.2) is 22.8 Å². The van der Waals surface area contributed by atoms with Gasteiger partial charge >= 0.3 is 0 Å². The average molecular weight is 184 g/mol. The smallest absolute Gasteiger partial charge is 0.185 e. The lowest BCUT2D eigenvalue weighted by Crippen LogP contribution is -2.16. The molecule has 13 heavy (non-hydrogen) atoms. The van der Waals surface area contributed by atoms with Crippen molar-refractivity contribution in [3.05, 3.63) is 24.2 Å². The van der Waals surface area contributed by atoms with E-state index in [-0.39, 0.29) is 0 Å². The molecule has 1 aliphatic rings. The van der Waals surface area contributed by atoms with E-state index in [1.165, 1.54) is 6.26 Å². The molecule has 0 amide bonds. The summed E-state index contributed by atoms with van der Waals surface area (Å²) in [4.78, 5) is 9.77. The zero-order chi connectivity index (χ0) is 9.36. The molecule has 4 nitrogen and oxygen atoms in total. The molecule has 2 heterocycles. The second-order valence-corrected chi connectivity index (χ2v) is 2.36. The van der Waals surface area contributed by atoms with Gasteiger partial charge in [-0.25, -0.2) is 0 Å². The summed E-state index contributed by atoms with van der Waals surface area (Å²) >= 11 is 0. The minimum Gasteiger partial charge on any atom is -0.462 e. The summed E-state index contributed by atoms with van der Waals surface area (Å²) in [7, 11) is 0. The van der Waals surface area contributed by atoms with Crippen LogP contribution in [-0.2, 0) is 9.47 Å². The van der Waals surface area contributed by atoms with E-state index in [1.807, 2.05) is 0 Å². The van der Waals surface area contributed by atoms with Crippen molar-refractivity contribution in [2.45, 2.75) is 0 Å². The molecule has 0 spiro atoms. The first kappa shape index (κ1) is 9.95. The Morgan fingerprint density at radius 2 is 1.77 bits per heavy atom. The van der Waals surface area contributed by atoms with Gasteiger partial charge in [0.1, 0.15) is 0 Å². The van der Waals surface area contributed by atoms with Gasteiger partial charge in [-0.05, 0) is 12.1 Å². The maximum Gasteiger partial charge on any atom is 0.185 e. The van der Waals surface area contributed by atoms with E-state index in [1.54, 1.807) is 12.1 Å². The van der Waals surface area contributed by atoms with Gasteiger partial charge in [0.05, 0.1) is 32.7 Å². The Morgan fingerprint density at radius 1 is 1.15 bits per heavy atom. The highest BCUT2D eigenvalue weighted by Gasteiger charge is 1.94. The highest BCUT2D eigenvalue weighted by Crippen LogP contribution is 1.92. The van der Waals surface area contributed by atoms with Crippen LogP contribution in [0, 0.1) is 0 Å². The molecule has 1 saturated heterocycles. The summed E-state index contributed by atoms with van der Waals surface area (Å²) in [5.74, 6) is 0.375. The molecule has 0 aliphatic carbocycles. The van der Waals surface area contributed by atoms with Gasteiger partial charge in [0.2, 0.25) is 0 Å². The maximum atomic E-state index is 9.77. The molecule has 0 radical (unpaired) electrons. The molecule has 0 atom stereocenters. The summed E-state index contributed by atoms with van der Waals surface area (Å²) < 4.78 is 14.5. The van der Waals surface area contributed by atoms with Crippen LogP contribution in [0.25, 0.3) is 0 Å². The standard InChI is InChI=1S/C5H4O2.C4H8O2/c6-4-5-2-1-3-7-5;1-2-6-4-3-5-1/h1-4H;1-4H2. The minimum absolute atomic E-state index is 0.375. The third-order valence-corrected chi connectivity index (χ3v) is 1.40. The Labute approximate surface area is 76.4 Å². The Kier molecular flexibility index (Phi) is 4.90. The summed E-state index contributed by atoms with van der Waals surface area (Å²) in [6.45, 7) is 3.11. The van der Waals surface area contributed by atoms with Crippen LogP contribution in [0.5, 0.6) is 0 Å². The van der Waals surface area contributed by atoms with Crippen molar-refractivity contribution < 1.29 is 18.7 Å². The minimum atomic E-state index is 0.375. The Bertz CT molecular complexity index is 202. The molecular formula is C9H12O4. The molecule has 1 aromatic rings. The largest absolute Gasteiger partial charge is 0.462 e. The van der Waals surface area contributed by atoms with E-state index >= 15 is 0 Å². The zero-order valence-corrected chi connectivity index (χ0v) is 7.27. The average Bonchev–Trinajstić information content (AvgIpc) is 2.74. The Balaban J connectivity index is 0.000000132. The summed E-state index contributed by atoms with van der Waals surface area (Å²) in [6.07, 6.45) is 2.13. The van der Waals surface area contributed by atoms with E-state index in [4.69, 9.17) is 9.47 Å². The third-order valence-electron chi connectivity index (χ3n) is 1.40. The summed E-state index contributed by atoms with van der Waals surface area (Å²) in [6, 6.07) is 3.27. The van der Waals surface area contributed by atoms with Crippen molar-refractivity contribution in [2.24, 2.45) is 0 Å². The van der Waals surface area contributed by atoms with Crippen molar-refractivity contribution in [2.75, 3.05) is 26.4 Å². The fourth-order valence-electron chi connectivity index (χ4n) is 0.798. The van der Waals surface area contributed by atoms with Gasteiger partial charge in [0.25, 0.3) is 0 Å². The summed E-state index contributed by atoms with van der Waals surface area (Å²) in [5.41, 5.74) is 0. The first-order valence-corrected chi connectivity index (χ1v) is 4.07. The van der Waals surface area contributed by atoms with Crippen molar-refractivity contribution in [1.82, 2.24) is 0 Å². The predicted octanol–water partition coefficient (Wildman–Crippen LogP) is 1.13. The fraction of sp³-hybridized carbons (Fsp3) is 0.444. The van der Waals surface area contributed by atoms with Crippen molar-refractivity contribution in [3.8, 4) is 0 Å². The highest BCUT2D eigenvalue weighted by atomic mass is 16.6. The monoisotopic (exact) mass is 184 g/mol. The molecule has 0 unspecified atom stereocenters. The fourth-order valence-corrected chi connectivity index (χ4v) is 0.798. The lowest BCUT2D eigenvalue weighted by Gasteiger charge is -2.09. The molecule has 2 rings (SSSR count). The number of furan rings is 1. The Hall–Kier alpha value is -1.13. The first-order chi connectivity index (χ1) is 6.43. The van der Waals surface area contributed by atoms with Crippen LogP contribution in [0.4, 0.5) is 0 Å². The molecule has 72 valence electrons. The number of aldehydes is 1. The van der Waals surface area contributed by atoms with Gasteiger partial charge in [-0.15, -0.1) is 0 Å². The van der Waals surface area contributed by atoms with Gasteiger partial charge in [-0.3, -0.25) is 4.79 Å². The third kappa shape index (κ3) is 4.45. The van der Waals surface area contributed by atoms with E-state index in [9.17, 15) is 4.79 Å². The number of carbonyl (C=O) groups is 1.